The van der Waals surface area contributed by atoms with Crippen LogP contribution in [0, 0.1) is 17.0 Å². The third-order valence-electron chi connectivity index (χ3n) is 3.70. The first-order valence-electron chi connectivity index (χ1n) is 8.84. The van der Waals surface area contributed by atoms with Gasteiger partial charge in [0.05, 0.1) is 28.7 Å². The Morgan fingerprint density at radius 3 is 2.75 bits per heavy atom. The molecule has 0 saturated heterocycles. The number of aryl methyl sites for hydroxylation is 1. The molecule has 0 aliphatic carbocycles. The first-order chi connectivity index (χ1) is 13.4. The summed E-state index contributed by atoms with van der Waals surface area (Å²) in [5.74, 6) is 1.12. The lowest BCUT2D eigenvalue weighted by Gasteiger charge is -2.21. The number of aliphatic imine (C=N–C) groups is 1. The van der Waals surface area contributed by atoms with Crippen LogP contribution in [0.15, 0.2) is 34.6 Å². The van der Waals surface area contributed by atoms with E-state index in [1.807, 2.05) is 31.2 Å². The number of hydrogen-bond acceptors (Lipinski definition) is 7. The number of aliphatic hydroxyl groups excluding tert-OH is 1. The molecule has 0 radical (unpaired) electrons. The van der Waals surface area contributed by atoms with Gasteiger partial charge in [0.15, 0.2) is 5.96 Å². The van der Waals surface area contributed by atoms with Gasteiger partial charge in [0, 0.05) is 31.1 Å². The van der Waals surface area contributed by atoms with Crippen molar-refractivity contribution in [1.82, 2.24) is 15.2 Å². The highest BCUT2D eigenvalue weighted by Crippen LogP contribution is 2.17. The Bertz CT molecular complexity index is 794. The zero-order valence-corrected chi connectivity index (χ0v) is 17.0. The second-order valence-corrected chi connectivity index (χ2v) is 7.19. The van der Waals surface area contributed by atoms with Gasteiger partial charge >= 0.3 is 0 Å². The summed E-state index contributed by atoms with van der Waals surface area (Å²) in [5.41, 5.74) is 0.962. The molecule has 0 saturated carbocycles. The molecule has 10 heteroatoms. The van der Waals surface area contributed by atoms with E-state index in [1.165, 1.54) is 24.3 Å². The minimum atomic E-state index is -0.807. The van der Waals surface area contributed by atoms with E-state index in [0.29, 0.717) is 24.8 Å². The molecule has 0 amide bonds. The summed E-state index contributed by atoms with van der Waals surface area (Å²) in [6, 6.07) is 5.72. The van der Waals surface area contributed by atoms with Crippen molar-refractivity contribution in [1.29, 1.82) is 0 Å². The van der Waals surface area contributed by atoms with E-state index in [4.69, 9.17) is 4.74 Å². The van der Waals surface area contributed by atoms with E-state index in [9.17, 15) is 15.2 Å². The largest absolute Gasteiger partial charge is 0.491 e. The standard InChI is InChI=1S/C18H25N5O4S/c1-4-19-18(22(3)10-14-12-28-13(2)21-14)20-9-16(24)11-27-17-7-5-15(6-8-17)23(25)26/h5-8,12,16,24H,4,9-11H2,1-3H3,(H,19,20). The summed E-state index contributed by atoms with van der Waals surface area (Å²) in [5, 5.41) is 27.0. The quantitative estimate of drug-likeness (QED) is 0.283. The van der Waals surface area contributed by atoms with E-state index < -0.39 is 11.0 Å². The summed E-state index contributed by atoms with van der Waals surface area (Å²) in [6.45, 7) is 5.46. The molecular weight excluding hydrogens is 382 g/mol. The summed E-state index contributed by atoms with van der Waals surface area (Å²) >= 11 is 1.60. The monoisotopic (exact) mass is 407 g/mol. The molecule has 1 heterocycles. The highest BCUT2D eigenvalue weighted by atomic mass is 32.1. The van der Waals surface area contributed by atoms with Gasteiger partial charge in [0.2, 0.25) is 0 Å². The van der Waals surface area contributed by atoms with Gasteiger partial charge < -0.3 is 20.1 Å². The third-order valence-corrected chi connectivity index (χ3v) is 4.53. The molecular formula is C18H25N5O4S. The number of nitrogens with zero attached hydrogens (tertiary/aromatic N) is 4. The zero-order valence-electron chi connectivity index (χ0n) is 16.2. The number of non-ortho nitro benzene ring substituents is 1. The maximum atomic E-state index is 10.6. The Morgan fingerprint density at radius 2 is 2.18 bits per heavy atom. The van der Waals surface area contributed by atoms with Gasteiger partial charge in [-0.15, -0.1) is 11.3 Å². The van der Waals surface area contributed by atoms with Crippen molar-refractivity contribution >= 4 is 23.0 Å². The van der Waals surface area contributed by atoms with E-state index in [2.05, 4.69) is 15.3 Å². The average molecular weight is 407 g/mol. The molecule has 0 spiro atoms. The van der Waals surface area contributed by atoms with Crippen molar-refractivity contribution in [3.8, 4) is 5.75 Å². The van der Waals surface area contributed by atoms with E-state index in [0.717, 1.165) is 10.7 Å². The van der Waals surface area contributed by atoms with Gasteiger partial charge in [-0.2, -0.15) is 0 Å². The van der Waals surface area contributed by atoms with Crippen LogP contribution in [-0.2, 0) is 6.54 Å². The number of aliphatic hydroxyl groups is 1. The number of nitrogens with one attached hydrogen (secondary N) is 1. The minimum Gasteiger partial charge on any atom is -0.491 e. The number of benzene rings is 1. The van der Waals surface area contributed by atoms with Crippen molar-refractivity contribution in [3.05, 3.63) is 50.5 Å². The lowest BCUT2D eigenvalue weighted by atomic mass is 10.3. The smallest absolute Gasteiger partial charge is 0.269 e. The fourth-order valence-electron chi connectivity index (χ4n) is 2.37. The van der Waals surface area contributed by atoms with Crippen molar-refractivity contribution in [3.63, 3.8) is 0 Å². The number of hydrogen-bond donors (Lipinski definition) is 2. The highest BCUT2D eigenvalue weighted by molar-refractivity contribution is 7.09. The lowest BCUT2D eigenvalue weighted by Crippen LogP contribution is -2.39. The van der Waals surface area contributed by atoms with Crippen LogP contribution in [0.3, 0.4) is 0 Å². The zero-order chi connectivity index (χ0) is 20.5. The number of guanidine groups is 1. The Morgan fingerprint density at radius 1 is 1.46 bits per heavy atom. The molecule has 28 heavy (non-hydrogen) atoms. The van der Waals surface area contributed by atoms with Crippen LogP contribution in [0.5, 0.6) is 5.75 Å². The number of aromatic nitrogens is 1. The number of rotatable bonds is 9. The molecule has 0 fully saturated rings. The SMILES string of the molecule is CCNC(=NCC(O)COc1ccc([N+](=O)[O-])cc1)N(C)Cc1csc(C)n1. The molecule has 1 aromatic heterocycles. The van der Waals surface area contributed by atoms with Gasteiger partial charge in [0.25, 0.3) is 5.69 Å². The number of thiazole rings is 1. The molecule has 2 rings (SSSR count). The first-order valence-corrected chi connectivity index (χ1v) is 9.72. The molecule has 152 valence electrons. The fraction of sp³-hybridized carbons (Fsp3) is 0.444. The van der Waals surface area contributed by atoms with Crippen molar-refractivity contribution in [2.45, 2.75) is 26.5 Å². The summed E-state index contributed by atoms with van der Waals surface area (Å²) in [6.07, 6.45) is -0.807. The number of nitro benzene ring substituents is 1. The normalized spacial score (nSPS) is 12.5. The van der Waals surface area contributed by atoms with Crippen LogP contribution in [0.4, 0.5) is 5.69 Å². The molecule has 1 unspecified atom stereocenters. The predicted octanol–water partition coefficient (Wildman–Crippen LogP) is 2.20. The molecule has 2 N–H and O–H groups in total. The maximum absolute atomic E-state index is 10.6. The molecule has 1 atom stereocenters. The number of nitro groups is 1. The van der Waals surface area contributed by atoms with Gasteiger partial charge in [0.1, 0.15) is 18.5 Å². The maximum Gasteiger partial charge on any atom is 0.269 e. The first kappa shape index (κ1) is 21.6. The molecule has 0 aliphatic heterocycles. The summed E-state index contributed by atoms with van der Waals surface area (Å²) in [4.78, 5) is 21.0. The molecule has 0 aliphatic rings. The Hall–Kier alpha value is -2.72. The van der Waals surface area contributed by atoms with Crippen molar-refractivity contribution in [2.75, 3.05) is 26.7 Å². The molecule has 2 aromatic rings. The van der Waals surface area contributed by atoms with E-state index >= 15 is 0 Å². The molecule has 9 nitrogen and oxygen atoms in total. The Balaban J connectivity index is 1.87. The van der Waals surface area contributed by atoms with Crippen LogP contribution in [0.25, 0.3) is 0 Å². The minimum absolute atomic E-state index is 0.00822. The highest BCUT2D eigenvalue weighted by Gasteiger charge is 2.11. The van der Waals surface area contributed by atoms with Gasteiger partial charge in [-0.1, -0.05) is 0 Å². The van der Waals surface area contributed by atoms with Crippen LogP contribution in [0.2, 0.25) is 0 Å². The Kier molecular flexibility index (Phi) is 8.15. The second-order valence-electron chi connectivity index (χ2n) is 6.12. The predicted molar refractivity (Wildman–Crippen MR) is 109 cm³/mol. The molecule has 1 aromatic carbocycles. The fourth-order valence-corrected chi connectivity index (χ4v) is 2.97. The van der Waals surface area contributed by atoms with Crippen LogP contribution in [0.1, 0.15) is 17.6 Å². The Labute approximate surface area is 167 Å². The van der Waals surface area contributed by atoms with E-state index in [1.54, 1.807) is 11.3 Å². The van der Waals surface area contributed by atoms with Gasteiger partial charge in [-0.25, -0.2) is 4.98 Å². The van der Waals surface area contributed by atoms with Gasteiger partial charge in [-0.3, -0.25) is 15.1 Å². The van der Waals surface area contributed by atoms with Crippen LogP contribution < -0.4 is 10.1 Å². The van der Waals surface area contributed by atoms with Crippen LogP contribution >= 0.6 is 11.3 Å². The third kappa shape index (κ3) is 6.78. The topological polar surface area (TPSA) is 113 Å². The second kappa shape index (κ2) is 10.6. The molecule has 0 bridgehead atoms. The average Bonchev–Trinajstić information content (AvgIpc) is 3.08. The van der Waals surface area contributed by atoms with Crippen LogP contribution in [-0.4, -0.2) is 58.7 Å². The van der Waals surface area contributed by atoms with Gasteiger partial charge in [-0.05, 0) is 26.0 Å². The van der Waals surface area contributed by atoms with Crippen molar-refractivity contribution < 1.29 is 14.8 Å². The lowest BCUT2D eigenvalue weighted by molar-refractivity contribution is -0.384. The summed E-state index contributed by atoms with van der Waals surface area (Å²) in [7, 11) is 1.91. The number of ether oxygens (including phenoxy) is 1. The van der Waals surface area contributed by atoms with E-state index in [-0.39, 0.29) is 18.8 Å². The van der Waals surface area contributed by atoms with Crippen molar-refractivity contribution in [2.24, 2.45) is 4.99 Å². The summed E-state index contributed by atoms with van der Waals surface area (Å²) < 4.78 is 5.47.